The summed E-state index contributed by atoms with van der Waals surface area (Å²) < 4.78 is 5.22. The van der Waals surface area contributed by atoms with Gasteiger partial charge < -0.3 is 20.3 Å². The van der Waals surface area contributed by atoms with Crippen LogP contribution in [0.3, 0.4) is 0 Å². The Kier molecular flexibility index (Phi) is 6.87. The molecule has 3 rings (SSSR count). The summed E-state index contributed by atoms with van der Waals surface area (Å²) >= 11 is 0. The van der Waals surface area contributed by atoms with Crippen molar-refractivity contribution in [3.05, 3.63) is 59.7 Å². The van der Waals surface area contributed by atoms with E-state index in [0.29, 0.717) is 17.0 Å². The highest BCUT2D eigenvalue weighted by molar-refractivity contribution is 5.99. The lowest BCUT2D eigenvalue weighted by atomic mass is 9.87. The molecule has 0 saturated carbocycles. The van der Waals surface area contributed by atoms with E-state index in [2.05, 4.69) is 31.4 Å². The molecule has 2 unspecified atom stereocenters. The zero-order chi connectivity index (χ0) is 23.5. The topological polar surface area (TPSA) is 87.7 Å². The van der Waals surface area contributed by atoms with E-state index in [9.17, 15) is 14.4 Å². The Bertz CT molecular complexity index is 978. The Hall–Kier alpha value is -3.35. The lowest BCUT2D eigenvalue weighted by Gasteiger charge is -2.29. The maximum Gasteiger partial charge on any atom is 0.251 e. The van der Waals surface area contributed by atoms with Crippen LogP contribution in [0.2, 0.25) is 0 Å². The third-order valence-corrected chi connectivity index (χ3v) is 5.76. The fraction of sp³-hybridized carbons (Fsp3) is 0.400. The van der Waals surface area contributed by atoms with Crippen molar-refractivity contribution in [1.82, 2.24) is 10.2 Å². The lowest BCUT2D eigenvalue weighted by Crippen LogP contribution is -2.42. The van der Waals surface area contributed by atoms with Crippen LogP contribution < -0.4 is 15.4 Å². The van der Waals surface area contributed by atoms with E-state index < -0.39 is 12.0 Å². The van der Waals surface area contributed by atoms with Gasteiger partial charge in [-0.15, -0.1) is 0 Å². The van der Waals surface area contributed by atoms with Gasteiger partial charge in [0.05, 0.1) is 13.0 Å². The largest absolute Gasteiger partial charge is 0.497 e. The fourth-order valence-corrected chi connectivity index (χ4v) is 3.80. The molecule has 7 nitrogen and oxygen atoms in total. The molecule has 3 amide bonds. The number of anilines is 1. The molecule has 0 bridgehead atoms. The van der Waals surface area contributed by atoms with Gasteiger partial charge in [0.15, 0.2) is 0 Å². The predicted octanol–water partition coefficient (Wildman–Crippen LogP) is 3.27. The van der Waals surface area contributed by atoms with Gasteiger partial charge in [-0.05, 0) is 40.8 Å². The average Bonchev–Trinajstić information content (AvgIpc) is 3.19. The highest BCUT2D eigenvalue weighted by atomic mass is 16.5. The van der Waals surface area contributed by atoms with Gasteiger partial charge in [-0.25, -0.2) is 0 Å². The summed E-state index contributed by atoms with van der Waals surface area (Å²) in [5.74, 6) is -0.548. The van der Waals surface area contributed by atoms with Crippen molar-refractivity contribution in [2.45, 2.75) is 38.6 Å². The normalized spacial score (nSPS) is 16.8. The second-order valence-corrected chi connectivity index (χ2v) is 9.15. The molecule has 1 fully saturated rings. The quantitative estimate of drug-likeness (QED) is 0.726. The Morgan fingerprint density at radius 3 is 2.22 bits per heavy atom. The number of hydrogen-bond donors (Lipinski definition) is 2. The van der Waals surface area contributed by atoms with Crippen LogP contribution in [-0.4, -0.2) is 43.3 Å². The molecule has 2 atom stereocenters. The standard InChI is InChI=1S/C25H31N3O4/c1-25(2,3)18-8-10-19(11-9-18)27-23(30)22(16-6-12-20(32-5)13-7-16)28(4)24(31)17-14-21(29)26-15-17/h6-13,17,22H,14-15H2,1-5H3,(H,26,29)(H,27,30). The van der Waals surface area contributed by atoms with Crippen molar-refractivity contribution in [3.8, 4) is 5.75 Å². The van der Waals surface area contributed by atoms with Crippen molar-refractivity contribution in [1.29, 1.82) is 0 Å². The molecule has 1 aliphatic heterocycles. The molecule has 1 saturated heterocycles. The zero-order valence-corrected chi connectivity index (χ0v) is 19.3. The number of likely N-dealkylation sites (N-methyl/N-ethyl adjacent to an activating group) is 1. The maximum atomic E-state index is 13.4. The molecule has 1 heterocycles. The number of ether oxygens (including phenoxy) is 1. The molecular weight excluding hydrogens is 406 g/mol. The van der Waals surface area contributed by atoms with E-state index in [1.165, 1.54) is 4.90 Å². The summed E-state index contributed by atoms with van der Waals surface area (Å²) in [6.07, 6.45) is 0.133. The molecule has 170 valence electrons. The SMILES string of the molecule is COc1ccc(C(C(=O)Nc2ccc(C(C)(C)C)cc2)N(C)C(=O)C2CNC(=O)C2)cc1. The zero-order valence-electron chi connectivity index (χ0n) is 19.3. The first kappa shape index (κ1) is 23.3. The molecule has 0 radical (unpaired) electrons. The van der Waals surface area contributed by atoms with Gasteiger partial charge in [0, 0.05) is 25.7 Å². The first-order chi connectivity index (χ1) is 15.1. The molecule has 0 aromatic heterocycles. The molecule has 2 aromatic carbocycles. The van der Waals surface area contributed by atoms with Crippen LogP contribution in [0.15, 0.2) is 48.5 Å². The molecule has 2 aromatic rings. The smallest absolute Gasteiger partial charge is 0.251 e. The van der Waals surface area contributed by atoms with Crippen LogP contribution >= 0.6 is 0 Å². The summed E-state index contributed by atoms with van der Waals surface area (Å²) in [5.41, 5.74) is 2.48. The first-order valence-corrected chi connectivity index (χ1v) is 10.7. The monoisotopic (exact) mass is 437 g/mol. The summed E-state index contributed by atoms with van der Waals surface area (Å²) in [5, 5.41) is 5.62. The second-order valence-electron chi connectivity index (χ2n) is 9.15. The van der Waals surface area contributed by atoms with Gasteiger partial charge in [-0.3, -0.25) is 14.4 Å². The number of carbonyl (C=O) groups excluding carboxylic acids is 3. The van der Waals surface area contributed by atoms with E-state index in [-0.39, 0.29) is 36.1 Å². The van der Waals surface area contributed by atoms with E-state index in [1.54, 1.807) is 38.4 Å². The predicted molar refractivity (Wildman–Crippen MR) is 123 cm³/mol. The Balaban J connectivity index is 1.86. The van der Waals surface area contributed by atoms with Gasteiger partial charge in [-0.1, -0.05) is 45.0 Å². The van der Waals surface area contributed by atoms with Crippen molar-refractivity contribution in [2.75, 3.05) is 26.0 Å². The molecular formula is C25H31N3O4. The molecule has 7 heteroatoms. The van der Waals surface area contributed by atoms with Crippen LogP contribution in [-0.2, 0) is 19.8 Å². The number of benzene rings is 2. The third-order valence-electron chi connectivity index (χ3n) is 5.76. The van der Waals surface area contributed by atoms with E-state index in [0.717, 1.165) is 5.56 Å². The Morgan fingerprint density at radius 1 is 1.09 bits per heavy atom. The summed E-state index contributed by atoms with van der Waals surface area (Å²) in [7, 11) is 3.17. The van der Waals surface area contributed by atoms with Gasteiger partial charge in [-0.2, -0.15) is 0 Å². The maximum absolute atomic E-state index is 13.4. The average molecular weight is 438 g/mol. The summed E-state index contributed by atoms with van der Waals surface area (Å²) in [6.45, 7) is 6.67. The number of methoxy groups -OCH3 is 1. The number of hydrogen-bond acceptors (Lipinski definition) is 4. The number of nitrogens with zero attached hydrogens (tertiary/aromatic N) is 1. The van der Waals surface area contributed by atoms with Crippen molar-refractivity contribution in [3.63, 3.8) is 0 Å². The van der Waals surface area contributed by atoms with Crippen molar-refractivity contribution >= 4 is 23.4 Å². The fourth-order valence-electron chi connectivity index (χ4n) is 3.80. The van der Waals surface area contributed by atoms with Crippen LogP contribution in [0.4, 0.5) is 5.69 Å². The summed E-state index contributed by atoms with van der Waals surface area (Å²) in [4.78, 5) is 39.4. The van der Waals surface area contributed by atoms with Crippen LogP contribution in [0.1, 0.15) is 44.4 Å². The molecule has 0 spiro atoms. The number of amides is 3. The van der Waals surface area contributed by atoms with Crippen LogP contribution in [0.25, 0.3) is 0 Å². The van der Waals surface area contributed by atoms with E-state index >= 15 is 0 Å². The minimum atomic E-state index is -0.855. The summed E-state index contributed by atoms with van der Waals surface area (Å²) in [6, 6.07) is 13.9. The molecule has 32 heavy (non-hydrogen) atoms. The first-order valence-electron chi connectivity index (χ1n) is 10.7. The minimum Gasteiger partial charge on any atom is -0.497 e. The molecule has 0 aliphatic carbocycles. The van der Waals surface area contributed by atoms with Gasteiger partial charge in [0.1, 0.15) is 11.8 Å². The second kappa shape index (κ2) is 9.42. The highest BCUT2D eigenvalue weighted by Crippen LogP contribution is 2.28. The molecule has 2 N–H and O–H groups in total. The van der Waals surface area contributed by atoms with Gasteiger partial charge in [0.2, 0.25) is 11.8 Å². The van der Waals surface area contributed by atoms with Gasteiger partial charge >= 0.3 is 0 Å². The number of nitrogens with one attached hydrogen (secondary N) is 2. The van der Waals surface area contributed by atoms with E-state index in [4.69, 9.17) is 4.74 Å². The number of rotatable bonds is 6. The minimum absolute atomic E-state index is 0.00750. The number of carbonyl (C=O) groups is 3. The van der Waals surface area contributed by atoms with E-state index in [1.807, 2.05) is 24.3 Å². The van der Waals surface area contributed by atoms with Crippen LogP contribution in [0.5, 0.6) is 5.75 Å². The van der Waals surface area contributed by atoms with Crippen LogP contribution in [0, 0.1) is 5.92 Å². The lowest BCUT2D eigenvalue weighted by molar-refractivity contribution is -0.140. The highest BCUT2D eigenvalue weighted by Gasteiger charge is 2.36. The Morgan fingerprint density at radius 2 is 1.72 bits per heavy atom. The third kappa shape index (κ3) is 5.28. The Labute approximate surface area is 189 Å². The van der Waals surface area contributed by atoms with Gasteiger partial charge in [0.25, 0.3) is 5.91 Å². The molecule has 1 aliphatic rings. The van der Waals surface area contributed by atoms with Crippen molar-refractivity contribution < 1.29 is 19.1 Å². The van der Waals surface area contributed by atoms with Crippen molar-refractivity contribution in [2.24, 2.45) is 5.92 Å².